The Labute approximate surface area is 419 Å². The maximum Gasteiger partial charge on any atom is 0.252 e. The minimum atomic E-state index is -0.504. The number of benzene rings is 8. The molecule has 71 heavy (non-hydrogen) atoms. The molecule has 4 heterocycles. The van der Waals surface area contributed by atoms with Gasteiger partial charge in [-0.05, 0) is 134 Å². The predicted octanol–water partition coefficient (Wildman–Crippen LogP) is 14.9. The zero-order valence-electron chi connectivity index (χ0n) is 42.4. The third kappa shape index (κ3) is 5.02. The zero-order valence-corrected chi connectivity index (χ0v) is 42.4. The van der Waals surface area contributed by atoms with Crippen LogP contribution in [0.2, 0.25) is 0 Å². The molecule has 9 aromatic rings. The topological polar surface area (TPSA) is 11.4 Å². The fourth-order valence-corrected chi connectivity index (χ4v) is 15.3. The van der Waals surface area contributed by atoms with Crippen LogP contribution in [0.1, 0.15) is 120 Å². The van der Waals surface area contributed by atoms with Crippen LogP contribution in [0.4, 0.5) is 28.4 Å². The van der Waals surface area contributed by atoms with E-state index in [1.165, 1.54) is 125 Å². The van der Waals surface area contributed by atoms with Gasteiger partial charge in [-0.2, -0.15) is 0 Å². The van der Waals surface area contributed by atoms with Crippen molar-refractivity contribution in [3.63, 3.8) is 0 Å². The summed E-state index contributed by atoms with van der Waals surface area (Å²) in [7, 11) is 0. The summed E-state index contributed by atoms with van der Waals surface area (Å²) in [5.41, 5.74) is 27.9. The van der Waals surface area contributed by atoms with Crippen LogP contribution in [0, 0.1) is 0 Å². The van der Waals surface area contributed by atoms with E-state index >= 15 is 0 Å². The fraction of sp³-hybridized carbons (Fsp3) is 0.254. The number of rotatable bonds is 3. The number of fused-ring (bicyclic) bond motifs is 19. The first-order chi connectivity index (χ1) is 34.2. The highest BCUT2D eigenvalue weighted by atomic mass is 15.3. The SMILES string of the molecule is CC(C)(C)c1cc2c3c(c1)C1(C)CCCCC1(C)N3c1cc(N(c3ccccc3)c3ccccc3)cc3c1B2c1cc(C(C)(C)C)cc2c4c(n-3c12)-c1ccccc1C41c2ccccc2-c2ccccc21. The minimum absolute atomic E-state index is 0.0253. The summed E-state index contributed by atoms with van der Waals surface area (Å²) in [6, 6.07) is 66.1. The first kappa shape index (κ1) is 41.7. The highest BCUT2D eigenvalue weighted by molar-refractivity contribution is 7.00. The van der Waals surface area contributed by atoms with Gasteiger partial charge in [0.15, 0.2) is 0 Å². The van der Waals surface area contributed by atoms with Crippen molar-refractivity contribution in [1.82, 2.24) is 4.57 Å². The molecule has 0 radical (unpaired) electrons. The predicted molar refractivity (Wildman–Crippen MR) is 299 cm³/mol. The molecule has 1 aromatic heterocycles. The van der Waals surface area contributed by atoms with E-state index in [1.54, 1.807) is 5.56 Å². The van der Waals surface area contributed by atoms with Crippen LogP contribution < -0.4 is 26.2 Å². The molecule has 1 fully saturated rings. The molecule has 0 N–H and O–H groups in total. The van der Waals surface area contributed by atoms with Gasteiger partial charge in [-0.1, -0.05) is 189 Å². The molecule has 2 atom stereocenters. The number of aromatic nitrogens is 1. The maximum absolute atomic E-state index is 2.93. The number of anilines is 5. The normalized spacial score (nSPS) is 20.1. The van der Waals surface area contributed by atoms with Crippen LogP contribution in [0.25, 0.3) is 39.0 Å². The van der Waals surface area contributed by atoms with Gasteiger partial charge in [0, 0.05) is 55.9 Å². The maximum atomic E-state index is 2.93. The van der Waals surface area contributed by atoms with Crippen molar-refractivity contribution in [2.24, 2.45) is 0 Å². The monoisotopic (exact) mass is 917 g/mol. The van der Waals surface area contributed by atoms with Gasteiger partial charge in [-0.25, -0.2) is 0 Å². The molecule has 15 rings (SSSR count). The average molecular weight is 918 g/mol. The van der Waals surface area contributed by atoms with Crippen molar-refractivity contribution in [1.29, 1.82) is 0 Å². The second-order valence-corrected chi connectivity index (χ2v) is 24.4. The van der Waals surface area contributed by atoms with Crippen molar-refractivity contribution in [2.45, 2.75) is 108 Å². The van der Waals surface area contributed by atoms with Crippen LogP contribution in [0.3, 0.4) is 0 Å². The molecule has 4 heteroatoms. The van der Waals surface area contributed by atoms with Gasteiger partial charge in [-0.3, -0.25) is 0 Å². The minimum Gasteiger partial charge on any atom is -0.335 e. The van der Waals surface area contributed by atoms with Gasteiger partial charge in [0.1, 0.15) is 0 Å². The molecular formula is C67H60BN3. The quantitative estimate of drug-likeness (QED) is 0.164. The largest absolute Gasteiger partial charge is 0.335 e. The molecule has 0 amide bonds. The summed E-state index contributed by atoms with van der Waals surface area (Å²) >= 11 is 0. The number of hydrogen-bond donors (Lipinski definition) is 0. The Balaban J connectivity index is 1.17. The molecule has 6 aliphatic rings. The molecule has 3 aliphatic heterocycles. The Bertz CT molecular complexity index is 3710. The van der Waals surface area contributed by atoms with Gasteiger partial charge in [0.05, 0.1) is 22.3 Å². The van der Waals surface area contributed by atoms with E-state index in [4.69, 9.17) is 0 Å². The molecular weight excluding hydrogens is 858 g/mol. The molecule has 1 spiro atoms. The first-order valence-electron chi connectivity index (χ1n) is 26.4. The molecule has 2 unspecified atom stereocenters. The van der Waals surface area contributed by atoms with Crippen LogP contribution in [-0.2, 0) is 21.7 Å². The van der Waals surface area contributed by atoms with Crippen LogP contribution in [0.5, 0.6) is 0 Å². The summed E-state index contributed by atoms with van der Waals surface area (Å²) < 4.78 is 2.80. The average Bonchev–Trinajstić information content (AvgIpc) is 4.05. The van der Waals surface area contributed by atoms with E-state index in [1.807, 2.05) is 0 Å². The molecule has 346 valence electrons. The lowest BCUT2D eigenvalue weighted by atomic mass is 9.33. The first-order valence-corrected chi connectivity index (χ1v) is 26.4. The van der Waals surface area contributed by atoms with Crippen LogP contribution in [-0.4, -0.2) is 16.8 Å². The van der Waals surface area contributed by atoms with Gasteiger partial charge in [-0.15, -0.1) is 0 Å². The molecule has 3 nitrogen and oxygen atoms in total. The number of hydrogen-bond acceptors (Lipinski definition) is 2. The number of para-hydroxylation sites is 2. The lowest BCUT2D eigenvalue weighted by Crippen LogP contribution is -2.64. The van der Waals surface area contributed by atoms with E-state index < -0.39 is 5.41 Å². The second-order valence-electron chi connectivity index (χ2n) is 24.4. The Hall–Kier alpha value is -7.04. The summed E-state index contributed by atoms with van der Waals surface area (Å²) in [4.78, 5) is 5.44. The van der Waals surface area contributed by atoms with Crippen molar-refractivity contribution in [2.75, 3.05) is 9.80 Å². The summed E-state index contributed by atoms with van der Waals surface area (Å²) in [5.74, 6) is 0. The lowest BCUT2D eigenvalue weighted by molar-refractivity contribution is 0.195. The van der Waals surface area contributed by atoms with Crippen molar-refractivity contribution in [3.8, 4) is 28.1 Å². The third-order valence-electron chi connectivity index (χ3n) is 18.8. The van der Waals surface area contributed by atoms with Crippen molar-refractivity contribution < 1.29 is 0 Å². The van der Waals surface area contributed by atoms with Crippen LogP contribution >= 0.6 is 0 Å². The molecule has 0 bridgehead atoms. The third-order valence-corrected chi connectivity index (χ3v) is 18.8. The molecule has 0 saturated heterocycles. The Morgan fingerprint density at radius 3 is 1.65 bits per heavy atom. The van der Waals surface area contributed by atoms with E-state index in [0.29, 0.717) is 0 Å². The Kier molecular flexibility index (Phi) is 8.04. The van der Waals surface area contributed by atoms with Gasteiger partial charge < -0.3 is 14.4 Å². The van der Waals surface area contributed by atoms with E-state index in [2.05, 4.69) is 240 Å². The van der Waals surface area contributed by atoms with Crippen molar-refractivity contribution >= 4 is 62.4 Å². The summed E-state index contributed by atoms with van der Waals surface area (Å²) in [6.07, 6.45) is 4.82. The van der Waals surface area contributed by atoms with E-state index in [-0.39, 0.29) is 28.5 Å². The van der Waals surface area contributed by atoms with Crippen LogP contribution in [0.15, 0.2) is 170 Å². The highest BCUT2D eigenvalue weighted by Gasteiger charge is 2.62. The number of nitrogens with zero attached hydrogens (tertiary/aromatic N) is 3. The zero-order chi connectivity index (χ0) is 48.1. The van der Waals surface area contributed by atoms with E-state index in [9.17, 15) is 0 Å². The van der Waals surface area contributed by atoms with Gasteiger partial charge in [0.25, 0.3) is 6.71 Å². The summed E-state index contributed by atoms with van der Waals surface area (Å²) in [5, 5.41) is 1.38. The molecule has 1 saturated carbocycles. The van der Waals surface area contributed by atoms with Gasteiger partial charge in [0.2, 0.25) is 0 Å². The summed E-state index contributed by atoms with van der Waals surface area (Å²) in [6.45, 7) is 19.8. The lowest BCUT2D eigenvalue weighted by Gasteiger charge is -2.52. The second kappa shape index (κ2) is 13.7. The van der Waals surface area contributed by atoms with E-state index in [0.717, 1.165) is 17.8 Å². The highest BCUT2D eigenvalue weighted by Crippen LogP contribution is 2.67. The fourth-order valence-electron chi connectivity index (χ4n) is 15.3. The standard InChI is InChI=1S/C67H60BN3/c1-63(2,3)41-35-49-58-61(48-29-17-20-32-52(48)67(58)50-30-18-15-27-46(50)47-28-16-19-31-51(47)67)70-56-39-45(69(43-23-11-9-12-24-43)44-25-13-10-14-26-44)40-57-59(56)68(54(37-41)60(49)70)55-38-42(64(4,5)6)36-53-62(55)71(57)66(8)34-22-21-33-65(53,66)7/h9-20,23-32,35-40H,21-22,33-34H2,1-8H3. The smallest absolute Gasteiger partial charge is 0.252 e. The Morgan fingerprint density at radius 2 is 1.03 bits per heavy atom. The molecule has 3 aliphatic carbocycles. The van der Waals surface area contributed by atoms with Crippen molar-refractivity contribution in [3.05, 3.63) is 209 Å². The Morgan fingerprint density at radius 1 is 0.507 bits per heavy atom. The molecule has 8 aromatic carbocycles. The van der Waals surface area contributed by atoms with Gasteiger partial charge >= 0.3 is 0 Å².